The number of rotatable bonds is 1. The Kier molecular flexibility index (Phi) is 4.46. The first-order valence-corrected chi connectivity index (χ1v) is 4.44. The average molecular weight is 215 g/mol. The molecule has 1 heterocycles. The van der Waals surface area contributed by atoms with Gasteiger partial charge in [0.2, 0.25) is 0 Å². The molecule has 1 amide bonds. The van der Waals surface area contributed by atoms with Crippen molar-refractivity contribution >= 4 is 24.0 Å². The number of amides is 1. The predicted octanol–water partition coefficient (Wildman–Crippen LogP) is 1.86. The van der Waals surface area contributed by atoms with E-state index in [1.807, 2.05) is 36.4 Å². The van der Waals surface area contributed by atoms with Crippen LogP contribution >= 0.6 is 0 Å². The lowest BCUT2D eigenvalue weighted by molar-refractivity contribution is -0.132. The second-order valence-electron chi connectivity index (χ2n) is 2.72. The van der Waals surface area contributed by atoms with E-state index in [9.17, 15) is 9.59 Å². The van der Waals surface area contributed by atoms with E-state index in [1.54, 1.807) is 0 Å². The third-order valence-corrected chi connectivity index (χ3v) is 1.61. The van der Waals surface area contributed by atoms with Gasteiger partial charge in [0.05, 0.1) is 0 Å². The predicted molar refractivity (Wildman–Crippen MR) is 59.9 cm³/mol. The maximum Gasteiger partial charge on any atom is 0.338 e. The van der Waals surface area contributed by atoms with E-state index in [2.05, 4.69) is 22.0 Å². The fraction of sp³-hybridized carbons (Fsp3) is 0. The van der Waals surface area contributed by atoms with Crippen molar-refractivity contribution in [3.8, 4) is 0 Å². The second-order valence-corrected chi connectivity index (χ2v) is 2.72. The smallest absolute Gasteiger partial charge is 0.282 e. The highest BCUT2D eigenvalue weighted by molar-refractivity contribution is 6.58. The van der Waals surface area contributed by atoms with Crippen molar-refractivity contribution in [2.75, 3.05) is 0 Å². The van der Waals surface area contributed by atoms with E-state index in [0.29, 0.717) is 0 Å². The minimum Gasteiger partial charge on any atom is -0.282 e. The Balaban J connectivity index is 0.000000160. The van der Waals surface area contributed by atoms with Gasteiger partial charge in [-0.25, -0.2) is 0 Å². The van der Waals surface area contributed by atoms with E-state index in [1.165, 1.54) is 5.56 Å². The highest BCUT2D eigenvalue weighted by Crippen LogP contribution is 1.97. The zero-order valence-electron chi connectivity index (χ0n) is 8.41. The molecule has 0 fully saturated rings. The van der Waals surface area contributed by atoms with Crippen LogP contribution in [-0.2, 0) is 9.59 Å². The third-order valence-electron chi connectivity index (χ3n) is 1.61. The van der Waals surface area contributed by atoms with Crippen molar-refractivity contribution in [2.24, 2.45) is 15.4 Å². The van der Waals surface area contributed by atoms with Gasteiger partial charge in [-0.3, -0.25) is 9.59 Å². The molecule has 0 radical (unpaired) electrons. The SMILES string of the molecule is C=Cc1ccccc1.O=C1C=NN=NC1=O. The molecule has 0 bridgehead atoms. The molecule has 2 rings (SSSR count). The van der Waals surface area contributed by atoms with Gasteiger partial charge in [0.1, 0.15) is 6.21 Å². The van der Waals surface area contributed by atoms with E-state index < -0.39 is 11.7 Å². The van der Waals surface area contributed by atoms with E-state index in [4.69, 9.17) is 0 Å². The standard InChI is InChI=1S/C8H8.C3HN3O2/c1-2-8-6-4-3-5-7-8;7-2-1-4-6-5-3(2)8/h2-7H,1H2;1H. The molecule has 16 heavy (non-hydrogen) atoms. The van der Waals surface area contributed by atoms with Gasteiger partial charge < -0.3 is 0 Å². The molecule has 1 aliphatic rings. The molecule has 0 atom stereocenters. The largest absolute Gasteiger partial charge is 0.338 e. The summed E-state index contributed by atoms with van der Waals surface area (Å²) in [4.78, 5) is 20.2. The molecular weight excluding hydrogens is 206 g/mol. The molecule has 5 nitrogen and oxygen atoms in total. The van der Waals surface area contributed by atoms with Crippen molar-refractivity contribution in [1.82, 2.24) is 0 Å². The first-order chi connectivity index (χ1) is 7.74. The molecule has 0 unspecified atom stereocenters. The minimum absolute atomic E-state index is 0.722. The van der Waals surface area contributed by atoms with Gasteiger partial charge >= 0.3 is 5.91 Å². The number of benzene rings is 1. The summed E-state index contributed by atoms with van der Waals surface area (Å²) >= 11 is 0. The highest BCUT2D eigenvalue weighted by atomic mass is 16.2. The van der Waals surface area contributed by atoms with Crippen LogP contribution in [0.4, 0.5) is 0 Å². The van der Waals surface area contributed by atoms with Crippen LogP contribution in [0.25, 0.3) is 6.08 Å². The molecule has 80 valence electrons. The molecular formula is C11H9N3O2. The lowest BCUT2D eigenvalue weighted by atomic mass is 10.2. The van der Waals surface area contributed by atoms with Crippen molar-refractivity contribution < 1.29 is 9.59 Å². The third kappa shape index (κ3) is 3.75. The summed E-state index contributed by atoms with van der Waals surface area (Å²) in [6.45, 7) is 3.63. The number of hydrogen-bond donors (Lipinski definition) is 0. The van der Waals surface area contributed by atoms with Crippen molar-refractivity contribution in [3.05, 3.63) is 42.5 Å². The minimum atomic E-state index is -0.861. The Bertz CT molecular complexity index is 428. The Labute approximate surface area is 92.2 Å². The number of Topliss-reactive ketones (excluding diaryl/α,β-unsaturated/α-hetero) is 1. The van der Waals surface area contributed by atoms with Crippen molar-refractivity contribution in [2.45, 2.75) is 0 Å². The number of nitrogens with zero attached hydrogens (tertiary/aromatic N) is 3. The van der Waals surface area contributed by atoms with Crippen LogP contribution in [0.15, 0.2) is 52.3 Å². The fourth-order valence-corrected chi connectivity index (χ4v) is 0.838. The Hall–Kier alpha value is -2.43. The molecule has 0 spiro atoms. The number of hydrogen-bond acceptors (Lipinski definition) is 4. The zero-order valence-corrected chi connectivity index (χ0v) is 8.41. The summed E-state index contributed by atoms with van der Waals surface area (Å²) in [6.07, 6.45) is 2.66. The molecule has 1 aromatic carbocycles. The van der Waals surface area contributed by atoms with E-state index in [0.717, 1.165) is 6.21 Å². The van der Waals surface area contributed by atoms with Gasteiger partial charge in [-0.1, -0.05) is 48.1 Å². The van der Waals surface area contributed by atoms with Gasteiger partial charge in [-0.15, -0.1) is 5.10 Å². The molecule has 1 aromatic rings. The number of carbonyl (C=O) groups is 2. The van der Waals surface area contributed by atoms with Crippen LogP contribution in [0.3, 0.4) is 0 Å². The van der Waals surface area contributed by atoms with Crippen LogP contribution < -0.4 is 0 Å². The second kappa shape index (κ2) is 6.13. The van der Waals surface area contributed by atoms with Crippen LogP contribution in [0.5, 0.6) is 0 Å². The summed E-state index contributed by atoms with van der Waals surface area (Å²) in [5.41, 5.74) is 1.17. The maximum atomic E-state index is 10.1. The van der Waals surface area contributed by atoms with Gasteiger partial charge in [0.25, 0.3) is 5.78 Å². The van der Waals surface area contributed by atoms with Gasteiger partial charge in [-0.2, -0.15) is 0 Å². The molecule has 5 heteroatoms. The van der Waals surface area contributed by atoms with Gasteiger partial charge in [-0.05, 0) is 10.8 Å². The Morgan fingerprint density at radius 2 is 1.81 bits per heavy atom. The van der Waals surface area contributed by atoms with Crippen LogP contribution in [0, 0.1) is 0 Å². The summed E-state index contributed by atoms with van der Waals surface area (Å²) in [7, 11) is 0. The Morgan fingerprint density at radius 3 is 2.19 bits per heavy atom. The summed E-state index contributed by atoms with van der Waals surface area (Å²) < 4.78 is 0. The first-order valence-electron chi connectivity index (χ1n) is 4.44. The lowest BCUT2D eigenvalue weighted by Crippen LogP contribution is -2.13. The van der Waals surface area contributed by atoms with E-state index >= 15 is 0 Å². The monoisotopic (exact) mass is 215 g/mol. The fourth-order valence-electron chi connectivity index (χ4n) is 0.838. The van der Waals surface area contributed by atoms with Crippen molar-refractivity contribution in [3.63, 3.8) is 0 Å². The zero-order chi connectivity index (χ0) is 11.8. The van der Waals surface area contributed by atoms with Crippen LogP contribution in [0.1, 0.15) is 5.56 Å². The molecule has 1 aliphatic heterocycles. The van der Waals surface area contributed by atoms with Crippen molar-refractivity contribution in [1.29, 1.82) is 0 Å². The van der Waals surface area contributed by atoms with Gasteiger partial charge in [0.15, 0.2) is 0 Å². The van der Waals surface area contributed by atoms with Gasteiger partial charge in [0, 0.05) is 0 Å². The van der Waals surface area contributed by atoms with Crippen LogP contribution in [-0.4, -0.2) is 17.9 Å². The number of carbonyl (C=O) groups excluding carboxylic acids is 2. The lowest BCUT2D eigenvalue weighted by Gasteiger charge is -1.85. The normalized spacial score (nSPS) is 13.0. The summed E-state index contributed by atoms with van der Waals surface area (Å²) in [5, 5.41) is 8.85. The van der Waals surface area contributed by atoms with E-state index in [-0.39, 0.29) is 0 Å². The molecule has 0 saturated heterocycles. The topological polar surface area (TPSA) is 71.2 Å². The maximum absolute atomic E-state index is 10.1. The molecule has 0 aliphatic carbocycles. The van der Waals surface area contributed by atoms with Crippen LogP contribution in [0.2, 0.25) is 0 Å². The summed E-state index contributed by atoms with van der Waals surface area (Å²) in [5.74, 6) is -1.58. The Morgan fingerprint density at radius 1 is 1.12 bits per heavy atom. The summed E-state index contributed by atoms with van der Waals surface area (Å²) in [6, 6.07) is 10.0. The molecule has 0 aromatic heterocycles. The molecule has 0 saturated carbocycles. The molecule has 0 N–H and O–H groups in total. The average Bonchev–Trinajstić information content (AvgIpc) is 2.35. The first kappa shape index (κ1) is 11.6. The number of ketones is 1. The highest BCUT2D eigenvalue weighted by Gasteiger charge is 2.11. The quantitative estimate of drug-likeness (QED) is 0.671.